The van der Waals surface area contributed by atoms with Gasteiger partial charge in [-0.3, -0.25) is 14.2 Å². The fourth-order valence-corrected chi connectivity index (χ4v) is 4.32. The lowest BCUT2D eigenvalue weighted by atomic mass is 10.2. The molecule has 0 saturated heterocycles. The highest BCUT2D eigenvalue weighted by Crippen LogP contribution is 2.29. The molecule has 1 N–H and O–H groups in total. The van der Waals surface area contributed by atoms with Crippen LogP contribution in [0.2, 0.25) is 0 Å². The van der Waals surface area contributed by atoms with E-state index < -0.39 is 0 Å². The van der Waals surface area contributed by atoms with Crippen LogP contribution in [0.15, 0.2) is 82.7 Å². The lowest BCUT2D eigenvalue weighted by Crippen LogP contribution is -2.22. The summed E-state index contributed by atoms with van der Waals surface area (Å²) in [5.41, 5.74) is 1.76. The number of carbonyl (C=O) groups is 1. The lowest BCUT2D eigenvalue weighted by Gasteiger charge is -2.14. The van der Waals surface area contributed by atoms with Crippen LogP contribution in [0.25, 0.3) is 16.6 Å². The molecule has 33 heavy (non-hydrogen) atoms. The van der Waals surface area contributed by atoms with E-state index in [1.165, 1.54) is 11.8 Å². The van der Waals surface area contributed by atoms with Crippen molar-refractivity contribution in [2.75, 3.05) is 25.3 Å². The van der Waals surface area contributed by atoms with Crippen LogP contribution >= 0.6 is 11.8 Å². The molecule has 0 unspecified atom stereocenters. The van der Waals surface area contributed by atoms with Crippen molar-refractivity contribution in [2.45, 2.75) is 11.6 Å². The Balaban J connectivity index is 1.54. The molecule has 168 valence electrons. The van der Waals surface area contributed by atoms with Crippen molar-refractivity contribution < 1.29 is 14.3 Å². The first-order valence-electron chi connectivity index (χ1n) is 10.3. The van der Waals surface area contributed by atoms with Gasteiger partial charge in [0.2, 0.25) is 5.91 Å². The molecule has 7 nitrogen and oxygen atoms in total. The van der Waals surface area contributed by atoms with Gasteiger partial charge < -0.3 is 14.8 Å². The summed E-state index contributed by atoms with van der Waals surface area (Å²) in [7, 11) is 3.11. The van der Waals surface area contributed by atoms with Gasteiger partial charge in [-0.2, -0.15) is 0 Å². The van der Waals surface area contributed by atoms with Crippen LogP contribution in [0.3, 0.4) is 0 Å². The van der Waals surface area contributed by atoms with E-state index in [2.05, 4.69) is 5.32 Å². The Hall–Kier alpha value is -3.78. The lowest BCUT2D eigenvalue weighted by molar-refractivity contribution is -0.115. The van der Waals surface area contributed by atoms with Crippen molar-refractivity contribution in [2.24, 2.45) is 0 Å². The minimum atomic E-state index is -0.177. The third kappa shape index (κ3) is 5.01. The van der Waals surface area contributed by atoms with E-state index in [0.29, 0.717) is 39.0 Å². The predicted octanol–water partition coefficient (Wildman–Crippen LogP) is 4.52. The van der Waals surface area contributed by atoms with Crippen LogP contribution in [0.5, 0.6) is 11.5 Å². The van der Waals surface area contributed by atoms with Gasteiger partial charge >= 0.3 is 0 Å². The molecule has 0 aliphatic carbocycles. The summed E-state index contributed by atoms with van der Waals surface area (Å²) in [6.07, 6.45) is 0.225. The second-order valence-electron chi connectivity index (χ2n) is 7.10. The average Bonchev–Trinajstić information content (AvgIpc) is 2.84. The van der Waals surface area contributed by atoms with Crippen LogP contribution < -0.4 is 20.3 Å². The molecule has 0 saturated carbocycles. The van der Waals surface area contributed by atoms with Crippen LogP contribution in [-0.4, -0.2) is 35.4 Å². The van der Waals surface area contributed by atoms with E-state index in [1.807, 2.05) is 48.5 Å². The molecule has 0 bridgehead atoms. The third-order valence-corrected chi connectivity index (χ3v) is 5.94. The van der Waals surface area contributed by atoms with Crippen LogP contribution in [0, 0.1) is 0 Å². The molecule has 0 atom stereocenters. The van der Waals surface area contributed by atoms with E-state index in [9.17, 15) is 9.59 Å². The van der Waals surface area contributed by atoms with Gasteiger partial charge in [0, 0.05) is 18.2 Å². The number of hydrogen-bond acceptors (Lipinski definition) is 6. The van der Waals surface area contributed by atoms with Gasteiger partial charge in [-0.1, -0.05) is 42.1 Å². The van der Waals surface area contributed by atoms with Crippen LogP contribution in [0.1, 0.15) is 6.42 Å². The van der Waals surface area contributed by atoms with E-state index in [1.54, 1.807) is 43.1 Å². The number of benzene rings is 3. The zero-order chi connectivity index (χ0) is 23.2. The molecule has 0 fully saturated rings. The first kappa shape index (κ1) is 22.4. The number of aromatic nitrogens is 2. The Morgan fingerprint density at radius 2 is 1.76 bits per heavy atom. The van der Waals surface area contributed by atoms with Crippen molar-refractivity contribution in [1.29, 1.82) is 0 Å². The fourth-order valence-electron chi connectivity index (χ4n) is 3.37. The first-order chi connectivity index (χ1) is 16.1. The molecule has 0 aliphatic heterocycles. The number of methoxy groups -OCH3 is 2. The second kappa shape index (κ2) is 10.2. The van der Waals surface area contributed by atoms with Gasteiger partial charge in [0.25, 0.3) is 5.56 Å². The monoisotopic (exact) mass is 461 g/mol. The fraction of sp³-hybridized carbons (Fsp3) is 0.160. The molecule has 1 heterocycles. The number of ether oxygens (including phenoxy) is 2. The minimum absolute atomic E-state index is 0.139. The van der Waals surface area contributed by atoms with Gasteiger partial charge in [-0.25, -0.2) is 4.98 Å². The molecule has 4 aromatic rings. The first-order valence-corrected chi connectivity index (χ1v) is 11.3. The summed E-state index contributed by atoms with van der Waals surface area (Å²) < 4.78 is 12.1. The number of nitrogens with zero attached hydrogens (tertiary/aromatic N) is 2. The normalized spacial score (nSPS) is 10.7. The molecule has 1 amide bonds. The number of amides is 1. The number of anilines is 1. The maximum atomic E-state index is 13.2. The summed E-state index contributed by atoms with van der Waals surface area (Å²) in [6, 6.07) is 21.9. The zero-order valence-electron chi connectivity index (χ0n) is 18.3. The number of thioether (sulfide) groups is 1. The Kier molecular flexibility index (Phi) is 6.95. The zero-order valence-corrected chi connectivity index (χ0v) is 19.1. The summed E-state index contributed by atoms with van der Waals surface area (Å²) in [5.74, 6) is 1.43. The Morgan fingerprint density at radius 3 is 2.52 bits per heavy atom. The van der Waals surface area contributed by atoms with E-state index in [4.69, 9.17) is 14.5 Å². The number of hydrogen-bond donors (Lipinski definition) is 1. The molecule has 0 radical (unpaired) electrons. The Labute approximate surface area is 195 Å². The second-order valence-corrected chi connectivity index (χ2v) is 8.16. The molecule has 3 aromatic carbocycles. The Bertz CT molecular complexity index is 1340. The van der Waals surface area contributed by atoms with E-state index >= 15 is 0 Å². The summed E-state index contributed by atoms with van der Waals surface area (Å²) in [5, 5.41) is 3.95. The highest BCUT2D eigenvalue weighted by atomic mass is 32.2. The average molecular weight is 462 g/mol. The molecular formula is C25H23N3O4S. The number of fused-ring (bicyclic) bond motifs is 1. The highest BCUT2D eigenvalue weighted by molar-refractivity contribution is 7.99. The van der Waals surface area contributed by atoms with Crippen molar-refractivity contribution in [3.63, 3.8) is 0 Å². The molecular weight excluding hydrogens is 438 g/mol. The number of nitrogens with one attached hydrogen (secondary N) is 1. The minimum Gasteiger partial charge on any atom is -0.497 e. The van der Waals surface area contributed by atoms with E-state index in [-0.39, 0.29) is 17.9 Å². The van der Waals surface area contributed by atoms with Crippen molar-refractivity contribution in [3.05, 3.63) is 83.2 Å². The largest absolute Gasteiger partial charge is 0.497 e. The maximum Gasteiger partial charge on any atom is 0.266 e. The maximum absolute atomic E-state index is 13.2. The van der Waals surface area contributed by atoms with Crippen molar-refractivity contribution >= 4 is 34.3 Å². The summed E-state index contributed by atoms with van der Waals surface area (Å²) in [6.45, 7) is 0. The molecule has 4 rings (SSSR count). The SMILES string of the molecule is COc1ccc(OC)c(NC(=O)CCSc2nc3ccccc3c(=O)n2-c2ccccc2)c1. The molecule has 8 heteroatoms. The number of para-hydroxylation sites is 2. The molecule has 0 spiro atoms. The summed E-state index contributed by atoms with van der Waals surface area (Å²) >= 11 is 1.36. The van der Waals surface area contributed by atoms with Gasteiger partial charge in [-0.15, -0.1) is 0 Å². The number of carbonyl (C=O) groups excluding carboxylic acids is 1. The van der Waals surface area contributed by atoms with Crippen molar-refractivity contribution in [1.82, 2.24) is 9.55 Å². The van der Waals surface area contributed by atoms with E-state index in [0.717, 1.165) is 5.69 Å². The predicted molar refractivity (Wildman–Crippen MR) is 131 cm³/mol. The van der Waals surface area contributed by atoms with Gasteiger partial charge in [0.05, 0.1) is 36.5 Å². The standard InChI is InChI=1S/C25H23N3O4S/c1-31-18-12-13-22(32-2)21(16-18)26-23(29)14-15-33-25-27-20-11-7-6-10-19(20)24(30)28(25)17-8-4-3-5-9-17/h3-13,16H,14-15H2,1-2H3,(H,26,29). The molecule has 1 aromatic heterocycles. The van der Waals surface area contributed by atoms with Crippen molar-refractivity contribution in [3.8, 4) is 17.2 Å². The van der Waals surface area contributed by atoms with Gasteiger partial charge in [0.1, 0.15) is 11.5 Å². The smallest absolute Gasteiger partial charge is 0.266 e. The van der Waals surface area contributed by atoms with Crippen LogP contribution in [-0.2, 0) is 4.79 Å². The third-order valence-electron chi connectivity index (χ3n) is 5.00. The van der Waals surface area contributed by atoms with Crippen LogP contribution in [0.4, 0.5) is 5.69 Å². The molecule has 0 aliphatic rings. The van der Waals surface area contributed by atoms with Gasteiger partial charge in [-0.05, 0) is 36.4 Å². The quantitative estimate of drug-likeness (QED) is 0.307. The summed E-state index contributed by atoms with van der Waals surface area (Å²) in [4.78, 5) is 30.5. The topological polar surface area (TPSA) is 82.5 Å². The number of rotatable bonds is 8. The van der Waals surface area contributed by atoms with Gasteiger partial charge in [0.15, 0.2) is 5.16 Å². The Morgan fingerprint density at radius 1 is 1.00 bits per heavy atom. The highest BCUT2D eigenvalue weighted by Gasteiger charge is 2.14.